The van der Waals surface area contributed by atoms with E-state index in [1.807, 2.05) is 12.4 Å². The molecule has 0 bridgehead atoms. The Kier molecular flexibility index (Phi) is 5.88. The van der Waals surface area contributed by atoms with Crippen molar-refractivity contribution in [2.24, 2.45) is 0 Å². The normalized spacial score (nSPS) is 10.5. The molecule has 0 spiro atoms. The van der Waals surface area contributed by atoms with Crippen LogP contribution < -0.4 is 5.32 Å². The Morgan fingerprint density at radius 1 is 1.33 bits per heavy atom. The number of nitrogens with zero attached hydrogens (tertiary/aromatic N) is 2. The predicted molar refractivity (Wildman–Crippen MR) is 59.6 cm³/mol. The summed E-state index contributed by atoms with van der Waals surface area (Å²) in [4.78, 5) is 8.59. The first-order valence-electron chi connectivity index (χ1n) is 5.36. The quantitative estimate of drug-likeness (QED) is 0.685. The second-order valence-electron chi connectivity index (χ2n) is 3.38. The van der Waals surface area contributed by atoms with Gasteiger partial charge in [0.1, 0.15) is 5.82 Å². The number of hydrogen-bond donors (Lipinski definition) is 1. The highest BCUT2D eigenvalue weighted by Gasteiger charge is 1.97. The zero-order chi connectivity index (χ0) is 10.9. The van der Waals surface area contributed by atoms with Gasteiger partial charge in [0, 0.05) is 44.6 Å². The molecule has 84 valence electrons. The number of aryl methyl sites for hydroxylation is 1. The standard InChI is InChI=1S/C11H19N3O/c1-3-12-7-10-8-13-11(14-9-10)5-4-6-15-2/h8-9,12H,3-7H2,1-2H3. The summed E-state index contributed by atoms with van der Waals surface area (Å²) in [6.45, 7) is 4.66. The van der Waals surface area contributed by atoms with Gasteiger partial charge in [0.05, 0.1) is 0 Å². The van der Waals surface area contributed by atoms with E-state index in [0.29, 0.717) is 0 Å². The fourth-order valence-electron chi connectivity index (χ4n) is 1.25. The Balaban J connectivity index is 2.35. The van der Waals surface area contributed by atoms with Gasteiger partial charge in [0.15, 0.2) is 0 Å². The SMILES string of the molecule is CCNCc1cnc(CCCOC)nc1. The van der Waals surface area contributed by atoms with E-state index in [4.69, 9.17) is 4.74 Å². The first kappa shape index (κ1) is 12.1. The van der Waals surface area contributed by atoms with Crippen LogP contribution in [0.3, 0.4) is 0 Å². The summed E-state index contributed by atoms with van der Waals surface area (Å²) in [5, 5.41) is 3.24. The molecule has 0 atom stereocenters. The third kappa shape index (κ3) is 4.85. The maximum atomic E-state index is 4.97. The molecular weight excluding hydrogens is 190 g/mol. The van der Waals surface area contributed by atoms with E-state index in [0.717, 1.165) is 43.9 Å². The fraction of sp³-hybridized carbons (Fsp3) is 0.636. The summed E-state index contributed by atoms with van der Waals surface area (Å²) >= 11 is 0. The van der Waals surface area contributed by atoms with E-state index >= 15 is 0 Å². The molecule has 0 aliphatic rings. The molecule has 1 aromatic rings. The van der Waals surface area contributed by atoms with Crippen LogP contribution in [-0.4, -0.2) is 30.2 Å². The molecule has 4 nitrogen and oxygen atoms in total. The Morgan fingerprint density at radius 2 is 2.07 bits per heavy atom. The lowest BCUT2D eigenvalue weighted by atomic mass is 10.3. The van der Waals surface area contributed by atoms with Crippen molar-refractivity contribution in [2.45, 2.75) is 26.3 Å². The monoisotopic (exact) mass is 209 g/mol. The minimum absolute atomic E-state index is 0.766. The molecule has 0 amide bonds. The second-order valence-corrected chi connectivity index (χ2v) is 3.38. The summed E-state index contributed by atoms with van der Waals surface area (Å²) in [5.74, 6) is 0.896. The molecule has 1 aromatic heterocycles. The number of nitrogens with one attached hydrogen (secondary N) is 1. The first-order valence-corrected chi connectivity index (χ1v) is 5.36. The van der Waals surface area contributed by atoms with Gasteiger partial charge >= 0.3 is 0 Å². The van der Waals surface area contributed by atoms with Crippen molar-refractivity contribution in [3.05, 3.63) is 23.8 Å². The van der Waals surface area contributed by atoms with Gasteiger partial charge in [0.25, 0.3) is 0 Å². The van der Waals surface area contributed by atoms with Crippen LogP contribution in [0.1, 0.15) is 24.7 Å². The van der Waals surface area contributed by atoms with Gasteiger partial charge in [-0.3, -0.25) is 0 Å². The largest absolute Gasteiger partial charge is 0.385 e. The number of rotatable bonds is 7. The van der Waals surface area contributed by atoms with Gasteiger partial charge < -0.3 is 10.1 Å². The number of hydrogen-bond acceptors (Lipinski definition) is 4. The molecule has 0 aliphatic carbocycles. The molecule has 1 heterocycles. The van der Waals surface area contributed by atoms with E-state index < -0.39 is 0 Å². The molecule has 0 aromatic carbocycles. The van der Waals surface area contributed by atoms with Crippen LogP contribution in [-0.2, 0) is 17.7 Å². The van der Waals surface area contributed by atoms with Crippen molar-refractivity contribution in [1.82, 2.24) is 15.3 Å². The molecule has 0 unspecified atom stereocenters. The lowest BCUT2D eigenvalue weighted by molar-refractivity contribution is 0.194. The van der Waals surface area contributed by atoms with Gasteiger partial charge in [0.2, 0.25) is 0 Å². The van der Waals surface area contributed by atoms with Crippen molar-refractivity contribution in [1.29, 1.82) is 0 Å². The van der Waals surface area contributed by atoms with Gasteiger partial charge in [-0.2, -0.15) is 0 Å². The summed E-state index contributed by atoms with van der Waals surface area (Å²) in [6, 6.07) is 0. The van der Waals surface area contributed by atoms with Crippen molar-refractivity contribution in [2.75, 3.05) is 20.3 Å². The maximum Gasteiger partial charge on any atom is 0.128 e. The number of methoxy groups -OCH3 is 1. The molecule has 0 aliphatic heterocycles. The van der Waals surface area contributed by atoms with Crippen molar-refractivity contribution < 1.29 is 4.74 Å². The van der Waals surface area contributed by atoms with Gasteiger partial charge in [-0.1, -0.05) is 6.92 Å². The van der Waals surface area contributed by atoms with Crippen molar-refractivity contribution in [3.8, 4) is 0 Å². The fourth-order valence-corrected chi connectivity index (χ4v) is 1.25. The summed E-state index contributed by atoms with van der Waals surface area (Å²) < 4.78 is 4.97. The van der Waals surface area contributed by atoms with Crippen LogP contribution in [0.15, 0.2) is 12.4 Å². The van der Waals surface area contributed by atoms with Crippen LogP contribution in [0.25, 0.3) is 0 Å². The Labute approximate surface area is 91.1 Å². The van der Waals surface area contributed by atoms with E-state index in [1.54, 1.807) is 7.11 Å². The minimum atomic E-state index is 0.766. The van der Waals surface area contributed by atoms with Crippen LogP contribution >= 0.6 is 0 Å². The molecule has 4 heteroatoms. The third-order valence-electron chi connectivity index (χ3n) is 2.09. The average molecular weight is 209 g/mol. The van der Waals surface area contributed by atoms with Crippen molar-refractivity contribution in [3.63, 3.8) is 0 Å². The molecule has 0 radical (unpaired) electrons. The van der Waals surface area contributed by atoms with Gasteiger partial charge in [-0.25, -0.2) is 9.97 Å². The Hall–Kier alpha value is -1.00. The minimum Gasteiger partial charge on any atom is -0.385 e. The topological polar surface area (TPSA) is 47.0 Å². The summed E-state index contributed by atoms with van der Waals surface area (Å²) in [5.41, 5.74) is 1.13. The van der Waals surface area contributed by atoms with Crippen LogP contribution in [0.5, 0.6) is 0 Å². The Morgan fingerprint density at radius 3 is 2.67 bits per heavy atom. The van der Waals surface area contributed by atoms with Crippen LogP contribution in [0.4, 0.5) is 0 Å². The maximum absolute atomic E-state index is 4.97. The predicted octanol–water partition coefficient (Wildman–Crippen LogP) is 1.17. The second kappa shape index (κ2) is 7.31. The molecular formula is C11H19N3O. The molecule has 0 fully saturated rings. The first-order chi connectivity index (χ1) is 7.36. The number of aromatic nitrogens is 2. The molecule has 1 rings (SSSR count). The van der Waals surface area contributed by atoms with E-state index in [9.17, 15) is 0 Å². The highest BCUT2D eigenvalue weighted by Crippen LogP contribution is 1.98. The molecule has 0 saturated carbocycles. The molecule has 1 N–H and O–H groups in total. The highest BCUT2D eigenvalue weighted by molar-refractivity contribution is 5.04. The van der Waals surface area contributed by atoms with E-state index in [1.165, 1.54) is 0 Å². The van der Waals surface area contributed by atoms with Crippen LogP contribution in [0, 0.1) is 0 Å². The van der Waals surface area contributed by atoms with Crippen molar-refractivity contribution >= 4 is 0 Å². The summed E-state index contributed by atoms with van der Waals surface area (Å²) in [7, 11) is 1.71. The van der Waals surface area contributed by atoms with Gasteiger partial charge in [-0.15, -0.1) is 0 Å². The number of ether oxygens (including phenoxy) is 1. The zero-order valence-corrected chi connectivity index (χ0v) is 9.49. The lowest BCUT2D eigenvalue weighted by Crippen LogP contribution is -2.12. The van der Waals surface area contributed by atoms with E-state index in [-0.39, 0.29) is 0 Å². The molecule has 0 saturated heterocycles. The zero-order valence-electron chi connectivity index (χ0n) is 9.49. The van der Waals surface area contributed by atoms with E-state index in [2.05, 4.69) is 22.2 Å². The third-order valence-corrected chi connectivity index (χ3v) is 2.09. The highest BCUT2D eigenvalue weighted by atomic mass is 16.5. The average Bonchev–Trinajstić information content (AvgIpc) is 2.28. The van der Waals surface area contributed by atoms with Crippen LogP contribution in [0.2, 0.25) is 0 Å². The van der Waals surface area contributed by atoms with Gasteiger partial charge in [-0.05, 0) is 13.0 Å². The molecule has 15 heavy (non-hydrogen) atoms. The Bertz CT molecular complexity index is 261. The lowest BCUT2D eigenvalue weighted by Gasteiger charge is -2.02. The summed E-state index contributed by atoms with van der Waals surface area (Å²) in [6.07, 6.45) is 5.63. The smallest absolute Gasteiger partial charge is 0.128 e.